The Kier molecular flexibility index (Phi) is 3.77. The molecule has 2 N–H and O–H groups in total. The minimum absolute atomic E-state index is 0.0703. The van der Waals surface area contributed by atoms with Crippen molar-refractivity contribution in [2.45, 2.75) is 40.2 Å². The summed E-state index contributed by atoms with van der Waals surface area (Å²) in [6.45, 7) is 9.30. The third-order valence-corrected chi connectivity index (χ3v) is 3.55. The Balaban J connectivity index is 2.32. The van der Waals surface area contributed by atoms with Gasteiger partial charge in [0.2, 0.25) is 0 Å². The summed E-state index contributed by atoms with van der Waals surface area (Å²) in [7, 11) is 0. The van der Waals surface area contributed by atoms with Crippen molar-refractivity contribution in [2.75, 3.05) is 0 Å². The van der Waals surface area contributed by atoms with Crippen molar-refractivity contribution in [1.82, 2.24) is 10.5 Å². The van der Waals surface area contributed by atoms with Crippen molar-refractivity contribution < 1.29 is 14.4 Å². The fourth-order valence-corrected chi connectivity index (χ4v) is 2.64. The summed E-state index contributed by atoms with van der Waals surface area (Å²) >= 11 is 0. The molecule has 0 unspecified atom stereocenters. The van der Waals surface area contributed by atoms with E-state index in [0.29, 0.717) is 11.3 Å². The first kappa shape index (κ1) is 15.1. The van der Waals surface area contributed by atoms with Crippen LogP contribution in [-0.2, 0) is 5.54 Å². The van der Waals surface area contributed by atoms with Gasteiger partial charge in [0, 0.05) is 11.1 Å². The van der Waals surface area contributed by atoms with Crippen molar-refractivity contribution in [3.8, 4) is 5.75 Å². The van der Waals surface area contributed by atoms with Gasteiger partial charge in [-0.2, -0.15) is 0 Å². The van der Waals surface area contributed by atoms with Crippen LogP contribution in [-0.4, -0.2) is 16.2 Å². The van der Waals surface area contributed by atoms with Gasteiger partial charge in [-0.3, -0.25) is 4.79 Å². The summed E-state index contributed by atoms with van der Waals surface area (Å²) in [6.07, 6.45) is 0. The monoisotopic (exact) mass is 288 g/mol. The van der Waals surface area contributed by atoms with Gasteiger partial charge in [-0.15, -0.1) is 0 Å². The Morgan fingerprint density at radius 3 is 2.52 bits per heavy atom. The Morgan fingerprint density at radius 2 is 1.95 bits per heavy atom. The van der Waals surface area contributed by atoms with Gasteiger partial charge in [0.1, 0.15) is 11.5 Å². The van der Waals surface area contributed by atoms with Crippen molar-refractivity contribution >= 4 is 5.91 Å². The van der Waals surface area contributed by atoms with Crippen molar-refractivity contribution in [2.24, 2.45) is 0 Å². The first-order valence-corrected chi connectivity index (χ1v) is 6.78. The summed E-state index contributed by atoms with van der Waals surface area (Å²) in [5.41, 5.74) is 2.26. The highest BCUT2D eigenvalue weighted by molar-refractivity contribution is 5.96. The Bertz CT molecular complexity index is 667. The number of carbonyl (C=O) groups is 1. The van der Waals surface area contributed by atoms with Crippen LogP contribution < -0.4 is 5.32 Å². The molecule has 1 aromatic heterocycles. The predicted octanol–water partition coefficient (Wildman–Crippen LogP) is 2.97. The topological polar surface area (TPSA) is 75.4 Å². The van der Waals surface area contributed by atoms with Crippen LogP contribution in [0.15, 0.2) is 22.7 Å². The predicted molar refractivity (Wildman–Crippen MR) is 79.3 cm³/mol. The normalized spacial score (nSPS) is 11.5. The quantitative estimate of drug-likeness (QED) is 0.910. The van der Waals surface area contributed by atoms with Crippen LogP contribution in [0.3, 0.4) is 0 Å². The van der Waals surface area contributed by atoms with Gasteiger partial charge in [0.15, 0.2) is 0 Å². The summed E-state index contributed by atoms with van der Waals surface area (Å²) < 4.78 is 5.17. The Hall–Kier alpha value is -2.30. The molecule has 0 fully saturated rings. The van der Waals surface area contributed by atoms with E-state index in [2.05, 4.69) is 10.5 Å². The molecule has 1 aromatic carbocycles. The van der Waals surface area contributed by atoms with Crippen LogP contribution >= 0.6 is 0 Å². The number of nitrogens with zero attached hydrogens (tertiary/aromatic N) is 1. The van der Waals surface area contributed by atoms with Crippen LogP contribution in [0.1, 0.15) is 46.8 Å². The molecule has 0 radical (unpaired) electrons. The number of rotatable bonds is 3. The van der Waals surface area contributed by atoms with E-state index >= 15 is 0 Å². The van der Waals surface area contributed by atoms with E-state index in [9.17, 15) is 9.90 Å². The standard InChI is InChI=1S/C16H20N2O3/c1-9-6-7-12(19)8-13(9)15(20)17-16(4,5)14-10(2)18-21-11(14)3/h6-8,19H,1-5H3,(H,17,20). The average Bonchev–Trinajstić information content (AvgIpc) is 2.72. The Labute approximate surface area is 124 Å². The first-order valence-electron chi connectivity index (χ1n) is 6.78. The van der Waals surface area contributed by atoms with Crippen LogP contribution in [0, 0.1) is 20.8 Å². The number of phenols is 1. The third kappa shape index (κ3) is 2.91. The Morgan fingerprint density at radius 1 is 1.29 bits per heavy atom. The maximum absolute atomic E-state index is 12.5. The highest BCUT2D eigenvalue weighted by Crippen LogP contribution is 2.27. The number of hydrogen-bond acceptors (Lipinski definition) is 4. The minimum Gasteiger partial charge on any atom is -0.508 e. The van der Waals surface area contributed by atoms with E-state index < -0.39 is 5.54 Å². The molecule has 5 heteroatoms. The lowest BCUT2D eigenvalue weighted by Crippen LogP contribution is -2.41. The molecule has 1 heterocycles. The molecule has 0 saturated heterocycles. The zero-order chi connectivity index (χ0) is 15.8. The highest BCUT2D eigenvalue weighted by atomic mass is 16.5. The van der Waals surface area contributed by atoms with E-state index in [0.717, 1.165) is 16.8 Å². The van der Waals surface area contributed by atoms with Gasteiger partial charge in [0.05, 0.1) is 11.2 Å². The second-order valence-corrected chi connectivity index (χ2v) is 5.78. The van der Waals surface area contributed by atoms with E-state index in [-0.39, 0.29) is 11.7 Å². The highest BCUT2D eigenvalue weighted by Gasteiger charge is 2.30. The smallest absolute Gasteiger partial charge is 0.252 e. The van der Waals surface area contributed by atoms with Crippen LogP contribution in [0.4, 0.5) is 0 Å². The van der Waals surface area contributed by atoms with E-state index in [1.807, 2.05) is 34.6 Å². The van der Waals surface area contributed by atoms with Crippen molar-refractivity contribution in [1.29, 1.82) is 0 Å². The fourth-order valence-electron chi connectivity index (χ4n) is 2.64. The van der Waals surface area contributed by atoms with Gasteiger partial charge >= 0.3 is 0 Å². The number of aromatic hydroxyl groups is 1. The molecule has 1 amide bonds. The zero-order valence-corrected chi connectivity index (χ0v) is 12.9. The number of amides is 1. The molecule has 112 valence electrons. The third-order valence-electron chi connectivity index (χ3n) is 3.55. The molecule has 5 nitrogen and oxygen atoms in total. The van der Waals surface area contributed by atoms with Crippen LogP contribution in [0.5, 0.6) is 5.75 Å². The molecule has 0 spiro atoms. The largest absolute Gasteiger partial charge is 0.508 e. The molecule has 0 bridgehead atoms. The number of carbonyl (C=O) groups excluding carboxylic acids is 1. The lowest BCUT2D eigenvalue weighted by atomic mass is 9.92. The minimum atomic E-state index is -0.622. The number of aryl methyl sites for hydroxylation is 3. The number of benzene rings is 1. The van der Waals surface area contributed by atoms with Gasteiger partial charge in [-0.25, -0.2) is 0 Å². The summed E-state index contributed by atoms with van der Waals surface area (Å²) in [4.78, 5) is 12.5. The van der Waals surface area contributed by atoms with E-state index in [1.54, 1.807) is 12.1 Å². The number of nitrogens with one attached hydrogen (secondary N) is 1. The molecule has 0 aliphatic rings. The maximum atomic E-state index is 12.5. The molecule has 2 aromatic rings. The summed E-state index contributed by atoms with van der Waals surface area (Å²) in [6, 6.07) is 4.74. The lowest BCUT2D eigenvalue weighted by molar-refractivity contribution is 0.0910. The molecule has 21 heavy (non-hydrogen) atoms. The molecular weight excluding hydrogens is 268 g/mol. The maximum Gasteiger partial charge on any atom is 0.252 e. The van der Waals surface area contributed by atoms with Gasteiger partial charge in [-0.1, -0.05) is 11.2 Å². The number of aromatic nitrogens is 1. The van der Waals surface area contributed by atoms with Gasteiger partial charge in [-0.05, 0) is 52.3 Å². The van der Waals surface area contributed by atoms with E-state index in [1.165, 1.54) is 6.07 Å². The SMILES string of the molecule is Cc1ccc(O)cc1C(=O)NC(C)(C)c1c(C)noc1C. The molecule has 0 aliphatic heterocycles. The number of hydrogen-bond donors (Lipinski definition) is 2. The average molecular weight is 288 g/mol. The number of phenolic OH excluding ortho intramolecular Hbond substituents is 1. The molecule has 0 atom stereocenters. The van der Waals surface area contributed by atoms with Gasteiger partial charge < -0.3 is 14.9 Å². The summed E-state index contributed by atoms with van der Waals surface area (Å²) in [5.74, 6) is 0.514. The van der Waals surface area contributed by atoms with Crippen molar-refractivity contribution in [3.63, 3.8) is 0 Å². The molecule has 0 saturated carbocycles. The second-order valence-electron chi connectivity index (χ2n) is 5.78. The zero-order valence-electron chi connectivity index (χ0n) is 12.9. The van der Waals surface area contributed by atoms with E-state index in [4.69, 9.17) is 4.52 Å². The lowest BCUT2D eigenvalue weighted by Gasteiger charge is -2.26. The van der Waals surface area contributed by atoms with Crippen LogP contribution in [0.25, 0.3) is 0 Å². The first-order chi connectivity index (χ1) is 9.72. The molecule has 0 aliphatic carbocycles. The van der Waals surface area contributed by atoms with Gasteiger partial charge in [0.25, 0.3) is 5.91 Å². The van der Waals surface area contributed by atoms with Crippen molar-refractivity contribution in [3.05, 3.63) is 46.3 Å². The fraction of sp³-hybridized carbons (Fsp3) is 0.375. The molecular formula is C16H20N2O3. The van der Waals surface area contributed by atoms with Crippen LogP contribution in [0.2, 0.25) is 0 Å². The molecule has 2 rings (SSSR count). The summed E-state index contributed by atoms with van der Waals surface area (Å²) in [5, 5.41) is 16.5. The second kappa shape index (κ2) is 5.24.